The lowest BCUT2D eigenvalue weighted by molar-refractivity contribution is -0.118. The third-order valence-corrected chi connectivity index (χ3v) is 3.64. The molecule has 3 aromatic rings. The summed E-state index contributed by atoms with van der Waals surface area (Å²) in [7, 11) is 0. The Labute approximate surface area is 155 Å². The molecular weight excluding hydrogens is 352 g/mol. The van der Waals surface area contributed by atoms with Gasteiger partial charge in [0.15, 0.2) is 18.2 Å². The number of carbonyl (C=O) groups excluding carboxylic acids is 1. The molecule has 0 radical (unpaired) electrons. The number of hydrogen-bond donors (Lipinski definition) is 1. The fourth-order valence-electron chi connectivity index (χ4n) is 2.31. The molecule has 1 amide bonds. The highest BCUT2D eigenvalue weighted by Gasteiger charge is 2.08. The van der Waals surface area contributed by atoms with Crippen LogP contribution in [0.15, 0.2) is 72.8 Å². The highest BCUT2D eigenvalue weighted by Crippen LogP contribution is 2.19. The Kier molecular flexibility index (Phi) is 5.99. The van der Waals surface area contributed by atoms with Gasteiger partial charge in [-0.05, 0) is 42.0 Å². The predicted octanol–water partition coefficient (Wildman–Crippen LogP) is 4.56. The van der Waals surface area contributed by atoms with Crippen LogP contribution < -0.4 is 14.8 Å². The summed E-state index contributed by atoms with van der Waals surface area (Å²) in [6.07, 6.45) is 0. The second kappa shape index (κ2) is 8.80. The maximum Gasteiger partial charge on any atom is 0.262 e. The number of nitrogens with one attached hydrogen (secondary N) is 1. The van der Waals surface area contributed by atoms with E-state index in [2.05, 4.69) is 5.32 Å². The first-order valence-corrected chi connectivity index (χ1v) is 8.24. The van der Waals surface area contributed by atoms with Crippen molar-refractivity contribution in [3.63, 3.8) is 0 Å². The number of hydrogen-bond acceptors (Lipinski definition) is 3. The molecule has 0 bridgehead atoms. The van der Waals surface area contributed by atoms with E-state index in [1.54, 1.807) is 24.3 Å². The van der Waals surface area contributed by atoms with Crippen LogP contribution >= 0.6 is 0 Å². The quantitative estimate of drug-likeness (QED) is 0.664. The summed E-state index contributed by atoms with van der Waals surface area (Å²) in [5.41, 5.74) is 1.61. The molecule has 0 saturated carbocycles. The van der Waals surface area contributed by atoms with Gasteiger partial charge in [0.2, 0.25) is 0 Å². The summed E-state index contributed by atoms with van der Waals surface area (Å²) >= 11 is 0. The number of ether oxygens (including phenoxy) is 2. The van der Waals surface area contributed by atoms with Crippen molar-refractivity contribution in [2.24, 2.45) is 0 Å². The molecule has 0 aliphatic carbocycles. The second-order valence-electron chi connectivity index (χ2n) is 5.71. The summed E-state index contributed by atoms with van der Waals surface area (Å²) < 4.78 is 37.0. The summed E-state index contributed by atoms with van der Waals surface area (Å²) in [5, 5.41) is 2.63. The SMILES string of the molecule is O=C(COc1ccc(F)cc1F)Nc1ccc(OCc2ccccc2)cc1. The van der Waals surface area contributed by atoms with Crippen molar-refractivity contribution in [1.29, 1.82) is 0 Å². The topological polar surface area (TPSA) is 47.6 Å². The van der Waals surface area contributed by atoms with Gasteiger partial charge in [0.1, 0.15) is 18.2 Å². The van der Waals surface area contributed by atoms with Gasteiger partial charge in [0, 0.05) is 11.8 Å². The van der Waals surface area contributed by atoms with E-state index in [1.807, 2.05) is 30.3 Å². The lowest BCUT2D eigenvalue weighted by Crippen LogP contribution is -2.20. The van der Waals surface area contributed by atoms with Gasteiger partial charge in [-0.25, -0.2) is 8.78 Å². The Bertz CT molecular complexity index is 899. The van der Waals surface area contributed by atoms with Crippen LogP contribution in [0.5, 0.6) is 11.5 Å². The average Bonchev–Trinajstić information content (AvgIpc) is 2.67. The van der Waals surface area contributed by atoms with E-state index in [9.17, 15) is 13.6 Å². The number of amides is 1. The van der Waals surface area contributed by atoms with E-state index in [4.69, 9.17) is 9.47 Å². The van der Waals surface area contributed by atoms with Crippen LogP contribution in [0, 0.1) is 11.6 Å². The van der Waals surface area contributed by atoms with Crippen LogP contribution in [0.2, 0.25) is 0 Å². The fourth-order valence-corrected chi connectivity index (χ4v) is 2.31. The van der Waals surface area contributed by atoms with Gasteiger partial charge in [0.25, 0.3) is 5.91 Å². The molecule has 0 fully saturated rings. The molecule has 0 aliphatic heterocycles. The Morgan fingerprint density at radius 2 is 1.63 bits per heavy atom. The van der Waals surface area contributed by atoms with Crippen molar-refractivity contribution >= 4 is 11.6 Å². The molecule has 0 heterocycles. The lowest BCUT2D eigenvalue weighted by atomic mass is 10.2. The second-order valence-corrected chi connectivity index (χ2v) is 5.71. The Morgan fingerprint density at radius 3 is 2.33 bits per heavy atom. The molecule has 27 heavy (non-hydrogen) atoms. The minimum Gasteiger partial charge on any atom is -0.489 e. The van der Waals surface area contributed by atoms with E-state index in [0.717, 1.165) is 17.7 Å². The normalized spacial score (nSPS) is 10.3. The van der Waals surface area contributed by atoms with E-state index >= 15 is 0 Å². The molecule has 138 valence electrons. The molecule has 3 rings (SSSR count). The molecule has 4 nitrogen and oxygen atoms in total. The van der Waals surface area contributed by atoms with E-state index < -0.39 is 24.1 Å². The summed E-state index contributed by atoms with van der Waals surface area (Å²) in [6, 6.07) is 19.5. The Balaban J connectivity index is 1.48. The van der Waals surface area contributed by atoms with Gasteiger partial charge in [-0.15, -0.1) is 0 Å². The summed E-state index contributed by atoms with van der Waals surface area (Å²) in [6.45, 7) is 0.0540. The third kappa shape index (κ3) is 5.54. The van der Waals surface area contributed by atoms with Crippen molar-refractivity contribution in [1.82, 2.24) is 0 Å². The first-order chi connectivity index (χ1) is 13.1. The average molecular weight is 369 g/mol. The number of anilines is 1. The predicted molar refractivity (Wildman–Crippen MR) is 97.7 cm³/mol. The minimum atomic E-state index is -0.859. The van der Waals surface area contributed by atoms with Gasteiger partial charge in [-0.2, -0.15) is 0 Å². The van der Waals surface area contributed by atoms with Crippen LogP contribution in [-0.2, 0) is 11.4 Å². The van der Waals surface area contributed by atoms with Gasteiger partial charge >= 0.3 is 0 Å². The third-order valence-electron chi connectivity index (χ3n) is 3.64. The minimum absolute atomic E-state index is 0.184. The number of rotatable bonds is 7. The maximum absolute atomic E-state index is 13.5. The van der Waals surface area contributed by atoms with Crippen molar-refractivity contribution in [3.8, 4) is 11.5 Å². The molecule has 0 saturated heterocycles. The highest BCUT2D eigenvalue weighted by molar-refractivity contribution is 5.91. The fraction of sp³-hybridized carbons (Fsp3) is 0.0952. The zero-order chi connectivity index (χ0) is 19.1. The van der Waals surface area contributed by atoms with Crippen LogP contribution in [0.25, 0.3) is 0 Å². The highest BCUT2D eigenvalue weighted by atomic mass is 19.1. The molecule has 0 aliphatic rings. The molecule has 1 N–H and O–H groups in total. The largest absolute Gasteiger partial charge is 0.489 e. The Morgan fingerprint density at radius 1 is 0.889 bits per heavy atom. The number of benzene rings is 3. The molecule has 0 aromatic heterocycles. The van der Waals surface area contributed by atoms with Crippen LogP contribution in [0.1, 0.15) is 5.56 Å². The number of halogens is 2. The zero-order valence-electron chi connectivity index (χ0n) is 14.3. The van der Waals surface area contributed by atoms with Gasteiger partial charge < -0.3 is 14.8 Å². The van der Waals surface area contributed by atoms with Crippen molar-refractivity contribution in [2.45, 2.75) is 6.61 Å². The smallest absolute Gasteiger partial charge is 0.262 e. The van der Waals surface area contributed by atoms with Gasteiger partial charge in [-0.1, -0.05) is 30.3 Å². The molecule has 0 unspecified atom stereocenters. The summed E-state index contributed by atoms with van der Waals surface area (Å²) in [5.74, 6) is -1.55. The van der Waals surface area contributed by atoms with Crippen LogP contribution in [0.4, 0.5) is 14.5 Å². The lowest BCUT2D eigenvalue weighted by Gasteiger charge is -2.10. The molecule has 6 heteroatoms. The van der Waals surface area contributed by atoms with Crippen molar-refractivity contribution < 1.29 is 23.0 Å². The Hall–Kier alpha value is -3.41. The van der Waals surface area contributed by atoms with E-state index in [0.29, 0.717) is 24.1 Å². The van der Waals surface area contributed by atoms with Crippen molar-refractivity contribution in [2.75, 3.05) is 11.9 Å². The standard InChI is InChI=1S/C21H17F2NO3/c22-16-6-11-20(19(23)12-16)27-14-21(25)24-17-7-9-18(10-8-17)26-13-15-4-2-1-3-5-15/h1-12H,13-14H2,(H,24,25). The van der Waals surface area contributed by atoms with Gasteiger partial charge in [-0.3, -0.25) is 4.79 Å². The first-order valence-electron chi connectivity index (χ1n) is 8.24. The van der Waals surface area contributed by atoms with Crippen LogP contribution in [-0.4, -0.2) is 12.5 Å². The van der Waals surface area contributed by atoms with E-state index in [-0.39, 0.29) is 5.75 Å². The van der Waals surface area contributed by atoms with Crippen molar-refractivity contribution in [3.05, 3.63) is 90.0 Å². The summed E-state index contributed by atoms with van der Waals surface area (Å²) in [4.78, 5) is 11.9. The molecule has 0 spiro atoms. The monoisotopic (exact) mass is 369 g/mol. The maximum atomic E-state index is 13.5. The van der Waals surface area contributed by atoms with E-state index in [1.165, 1.54) is 0 Å². The first kappa shape index (κ1) is 18.4. The zero-order valence-corrected chi connectivity index (χ0v) is 14.3. The molecular formula is C21H17F2NO3. The van der Waals surface area contributed by atoms with Crippen LogP contribution in [0.3, 0.4) is 0 Å². The molecule has 3 aromatic carbocycles. The number of carbonyl (C=O) groups is 1. The molecule has 0 atom stereocenters. The van der Waals surface area contributed by atoms with Gasteiger partial charge in [0.05, 0.1) is 0 Å².